The van der Waals surface area contributed by atoms with Crippen molar-refractivity contribution in [2.24, 2.45) is 0 Å². The molecule has 0 aliphatic heterocycles. The maximum atomic E-state index is 13.8. The Morgan fingerprint density at radius 2 is 2.15 bits per heavy atom. The summed E-state index contributed by atoms with van der Waals surface area (Å²) in [5.41, 5.74) is -1.59. The molecule has 0 saturated heterocycles. The van der Waals surface area contributed by atoms with Crippen LogP contribution in [-0.2, 0) is 14.9 Å². The lowest BCUT2D eigenvalue weighted by Crippen LogP contribution is -2.45. The van der Waals surface area contributed by atoms with Gasteiger partial charge in [0.25, 0.3) is 0 Å². The van der Waals surface area contributed by atoms with Gasteiger partial charge in [-0.15, -0.1) is 0 Å². The number of hydrogen-bond donors (Lipinski definition) is 2. The molecule has 1 unspecified atom stereocenters. The SMILES string of the molecule is C=CCOC(=O)NCC(C)(C(=O)O)c1ccccc1F. The number of ether oxygens (including phenoxy) is 1. The fourth-order valence-corrected chi connectivity index (χ4v) is 1.63. The monoisotopic (exact) mass is 281 g/mol. The lowest BCUT2D eigenvalue weighted by atomic mass is 9.82. The third-order valence-corrected chi connectivity index (χ3v) is 2.86. The minimum absolute atomic E-state index is 0.00322. The first-order valence-electron chi connectivity index (χ1n) is 5.91. The van der Waals surface area contributed by atoms with Gasteiger partial charge in [0.1, 0.15) is 17.8 Å². The first-order chi connectivity index (χ1) is 9.41. The summed E-state index contributed by atoms with van der Waals surface area (Å²) in [6, 6.07) is 5.55. The van der Waals surface area contributed by atoms with E-state index in [1.54, 1.807) is 0 Å². The molecular weight excluding hydrogens is 265 g/mol. The highest BCUT2D eigenvalue weighted by molar-refractivity contribution is 5.82. The molecule has 0 fully saturated rings. The fraction of sp³-hybridized carbons (Fsp3) is 0.286. The summed E-state index contributed by atoms with van der Waals surface area (Å²) in [5.74, 6) is -1.88. The number of rotatable bonds is 6. The Hall–Kier alpha value is -2.37. The van der Waals surface area contributed by atoms with E-state index in [4.69, 9.17) is 0 Å². The van der Waals surface area contributed by atoms with Gasteiger partial charge in [-0.1, -0.05) is 30.9 Å². The topological polar surface area (TPSA) is 75.6 Å². The highest BCUT2D eigenvalue weighted by atomic mass is 19.1. The summed E-state index contributed by atoms with van der Waals surface area (Å²) in [4.78, 5) is 22.7. The number of carboxylic acid groups (broad SMARTS) is 1. The highest BCUT2D eigenvalue weighted by Crippen LogP contribution is 2.26. The molecule has 108 valence electrons. The van der Waals surface area contributed by atoms with Crippen molar-refractivity contribution in [2.45, 2.75) is 12.3 Å². The van der Waals surface area contributed by atoms with Crippen LogP contribution in [0.5, 0.6) is 0 Å². The lowest BCUT2D eigenvalue weighted by molar-refractivity contribution is -0.143. The van der Waals surface area contributed by atoms with Crippen molar-refractivity contribution in [3.8, 4) is 0 Å². The van der Waals surface area contributed by atoms with Crippen LogP contribution < -0.4 is 5.32 Å². The van der Waals surface area contributed by atoms with E-state index in [0.717, 1.165) is 0 Å². The molecule has 0 saturated carbocycles. The van der Waals surface area contributed by atoms with Gasteiger partial charge in [-0.2, -0.15) is 0 Å². The molecule has 6 heteroatoms. The number of nitrogens with one attached hydrogen (secondary N) is 1. The number of alkyl carbamates (subject to hydrolysis) is 1. The lowest BCUT2D eigenvalue weighted by Gasteiger charge is -2.25. The molecule has 1 atom stereocenters. The molecule has 2 N–H and O–H groups in total. The molecule has 0 aliphatic carbocycles. The van der Waals surface area contributed by atoms with Gasteiger partial charge >= 0.3 is 12.1 Å². The average molecular weight is 281 g/mol. The zero-order valence-electron chi connectivity index (χ0n) is 11.1. The van der Waals surface area contributed by atoms with E-state index in [0.29, 0.717) is 0 Å². The van der Waals surface area contributed by atoms with Gasteiger partial charge in [0.2, 0.25) is 0 Å². The number of halogens is 1. The Balaban J connectivity index is 2.89. The van der Waals surface area contributed by atoms with Crippen LogP contribution >= 0.6 is 0 Å². The van der Waals surface area contributed by atoms with Gasteiger partial charge < -0.3 is 15.2 Å². The van der Waals surface area contributed by atoms with Crippen LogP contribution in [0.15, 0.2) is 36.9 Å². The molecule has 0 aromatic heterocycles. The first kappa shape index (κ1) is 15.7. The number of amides is 1. The van der Waals surface area contributed by atoms with Crippen LogP contribution in [-0.4, -0.2) is 30.3 Å². The Labute approximate surface area is 116 Å². The molecule has 1 aromatic carbocycles. The number of benzene rings is 1. The molecule has 1 aromatic rings. The zero-order valence-corrected chi connectivity index (χ0v) is 11.1. The van der Waals surface area contributed by atoms with Crippen molar-refractivity contribution in [3.05, 3.63) is 48.3 Å². The van der Waals surface area contributed by atoms with E-state index in [2.05, 4.69) is 16.6 Å². The van der Waals surface area contributed by atoms with Crippen LogP contribution in [0.3, 0.4) is 0 Å². The Bertz CT molecular complexity index is 518. The fourth-order valence-electron chi connectivity index (χ4n) is 1.63. The molecule has 0 aliphatic rings. The van der Waals surface area contributed by atoms with Gasteiger partial charge in [0.05, 0.1) is 0 Å². The molecule has 1 amide bonds. The van der Waals surface area contributed by atoms with E-state index >= 15 is 0 Å². The number of carboxylic acids is 1. The van der Waals surface area contributed by atoms with Gasteiger partial charge in [0, 0.05) is 12.1 Å². The van der Waals surface area contributed by atoms with Crippen LogP contribution in [0.25, 0.3) is 0 Å². The van der Waals surface area contributed by atoms with Crippen LogP contribution in [0.4, 0.5) is 9.18 Å². The summed E-state index contributed by atoms with van der Waals surface area (Å²) in [7, 11) is 0. The first-order valence-corrected chi connectivity index (χ1v) is 5.91. The van der Waals surface area contributed by atoms with Crippen molar-refractivity contribution in [3.63, 3.8) is 0 Å². The summed E-state index contributed by atoms with van der Waals surface area (Å²) in [5, 5.41) is 11.6. The average Bonchev–Trinajstić information content (AvgIpc) is 2.42. The summed E-state index contributed by atoms with van der Waals surface area (Å²) in [6.07, 6.45) is 0.598. The molecule has 1 rings (SSSR count). The van der Waals surface area contributed by atoms with Crippen LogP contribution in [0.2, 0.25) is 0 Å². The Kier molecular flexibility index (Phi) is 5.25. The summed E-state index contributed by atoms with van der Waals surface area (Å²) < 4.78 is 18.4. The maximum Gasteiger partial charge on any atom is 0.407 e. The normalized spacial score (nSPS) is 13.1. The number of carbonyl (C=O) groups is 2. The molecule has 20 heavy (non-hydrogen) atoms. The predicted molar refractivity (Wildman–Crippen MR) is 70.9 cm³/mol. The standard InChI is InChI=1S/C14H16FNO4/c1-3-8-20-13(19)16-9-14(2,12(17)18)10-6-4-5-7-11(10)15/h3-7H,1,8-9H2,2H3,(H,16,19)(H,17,18). The minimum atomic E-state index is -1.58. The van der Waals surface area contributed by atoms with Gasteiger partial charge in [-0.25, -0.2) is 9.18 Å². The second kappa shape index (κ2) is 6.70. The summed E-state index contributed by atoms with van der Waals surface area (Å²) >= 11 is 0. The minimum Gasteiger partial charge on any atom is -0.481 e. The summed E-state index contributed by atoms with van der Waals surface area (Å²) in [6.45, 7) is 4.43. The van der Waals surface area contributed by atoms with Crippen molar-refractivity contribution in [2.75, 3.05) is 13.2 Å². The third kappa shape index (κ3) is 3.57. The molecular formula is C14H16FNO4. The molecule has 5 nitrogen and oxygen atoms in total. The third-order valence-electron chi connectivity index (χ3n) is 2.86. The zero-order chi connectivity index (χ0) is 15.2. The van der Waals surface area contributed by atoms with Crippen LogP contribution in [0.1, 0.15) is 12.5 Å². The predicted octanol–water partition coefficient (Wildman–Crippen LogP) is 2.08. The highest BCUT2D eigenvalue weighted by Gasteiger charge is 2.38. The van der Waals surface area contributed by atoms with Crippen molar-refractivity contribution in [1.82, 2.24) is 5.32 Å². The molecule has 0 radical (unpaired) electrons. The second-order valence-electron chi connectivity index (χ2n) is 4.36. The number of hydrogen-bond acceptors (Lipinski definition) is 3. The van der Waals surface area contributed by atoms with E-state index in [9.17, 15) is 19.1 Å². The van der Waals surface area contributed by atoms with Gasteiger partial charge in [-0.05, 0) is 13.0 Å². The van der Waals surface area contributed by atoms with E-state index in [1.807, 2.05) is 0 Å². The molecule has 0 bridgehead atoms. The largest absolute Gasteiger partial charge is 0.481 e. The molecule has 0 spiro atoms. The van der Waals surface area contributed by atoms with Gasteiger partial charge in [0.15, 0.2) is 0 Å². The molecule has 0 heterocycles. The van der Waals surface area contributed by atoms with E-state index < -0.39 is 23.3 Å². The van der Waals surface area contributed by atoms with Crippen molar-refractivity contribution in [1.29, 1.82) is 0 Å². The maximum absolute atomic E-state index is 13.8. The van der Waals surface area contributed by atoms with Crippen molar-refractivity contribution >= 4 is 12.1 Å². The number of carbonyl (C=O) groups excluding carboxylic acids is 1. The van der Waals surface area contributed by atoms with E-state index in [1.165, 1.54) is 37.3 Å². The quantitative estimate of drug-likeness (QED) is 0.783. The van der Waals surface area contributed by atoms with E-state index in [-0.39, 0.29) is 18.7 Å². The van der Waals surface area contributed by atoms with Crippen LogP contribution in [0, 0.1) is 5.82 Å². The second-order valence-corrected chi connectivity index (χ2v) is 4.36. The Morgan fingerprint density at radius 3 is 2.70 bits per heavy atom. The number of aliphatic carboxylic acids is 1. The smallest absolute Gasteiger partial charge is 0.407 e. The Morgan fingerprint density at radius 1 is 1.50 bits per heavy atom. The van der Waals surface area contributed by atoms with Gasteiger partial charge in [-0.3, -0.25) is 4.79 Å². The van der Waals surface area contributed by atoms with Crippen molar-refractivity contribution < 1.29 is 23.8 Å².